The van der Waals surface area contributed by atoms with Crippen molar-refractivity contribution in [1.82, 2.24) is 4.90 Å². The van der Waals surface area contributed by atoms with Gasteiger partial charge >= 0.3 is 12.1 Å². The van der Waals surface area contributed by atoms with E-state index in [-0.39, 0.29) is 31.2 Å². The molecule has 1 fully saturated rings. The highest BCUT2D eigenvalue weighted by molar-refractivity contribution is 5.67. The zero-order valence-corrected chi connectivity index (χ0v) is 21.4. The molecule has 0 saturated carbocycles. The largest absolute Gasteiger partial charge is 0.481 e. The third-order valence-electron chi connectivity index (χ3n) is 7.14. The van der Waals surface area contributed by atoms with Crippen LogP contribution in [0.3, 0.4) is 0 Å². The number of piperidine rings is 1. The molecule has 0 unspecified atom stereocenters. The zero-order valence-electron chi connectivity index (χ0n) is 21.4. The van der Waals surface area contributed by atoms with Crippen LogP contribution in [0.1, 0.15) is 75.1 Å². The van der Waals surface area contributed by atoms with Gasteiger partial charge in [0, 0.05) is 31.0 Å². The topological polar surface area (TPSA) is 40.5 Å². The Bertz CT molecular complexity index is 1000. The third kappa shape index (κ3) is 9.40. The van der Waals surface area contributed by atoms with E-state index in [0.29, 0.717) is 37.3 Å². The molecular formula is C29H36F5NO2. The molecule has 37 heavy (non-hydrogen) atoms. The Morgan fingerprint density at radius 1 is 1.03 bits per heavy atom. The van der Waals surface area contributed by atoms with E-state index in [1.807, 2.05) is 24.3 Å². The molecule has 8 heteroatoms. The van der Waals surface area contributed by atoms with E-state index in [1.165, 1.54) is 17.7 Å². The Morgan fingerprint density at radius 2 is 1.68 bits per heavy atom. The van der Waals surface area contributed by atoms with Crippen molar-refractivity contribution in [1.29, 1.82) is 0 Å². The third-order valence-corrected chi connectivity index (χ3v) is 7.14. The number of carboxylic acid groups (broad SMARTS) is 1. The maximum Gasteiger partial charge on any atom is 0.389 e. The number of halogens is 5. The highest BCUT2D eigenvalue weighted by atomic mass is 19.4. The van der Waals surface area contributed by atoms with Crippen LogP contribution in [-0.4, -0.2) is 34.7 Å². The summed E-state index contributed by atoms with van der Waals surface area (Å²) in [5.41, 5.74) is 2.53. The molecule has 1 aliphatic rings. The summed E-state index contributed by atoms with van der Waals surface area (Å²) in [7, 11) is 0. The Balaban J connectivity index is 1.87. The van der Waals surface area contributed by atoms with E-state index in [0.717, 1.165) is 18.1 Å². The average molecular weight is 526 g/mol. The van der Waals surface area contributed by atoms with Crippen LogP contribution in [0.5, 0.6) is 0 Å². The predicted octanol–water partition coefficient (Wildman–Crippen LogP) is 7.74. The number of aryl methyl sites for hydroxylation is 1. The van der Waals surface area contributed by atoms with E-state index in [1.54, 1.807) is 0 Å². The molecule has 0 amide bonds. The van der Waals surface area contributed by atoms with Gasteiger partial charge in [0.25, 0.3) is 0 Å². The van der Waals surface area contributed by atoms with Gasteiger partial charge in [0.05, 0.1) is 0 Å². The van der Waals surface area contributed by atoms with E-state index in [9.17, 15) is 31.9 Å². The molecule has 0 aromatic heterocycles. The lowest BCUT2D eigenvalue weighted by Crippen LogP contribution is -2.44. The van der Waals surface area contributed by atoms with Gasteiger partial charge in [-0.25, -0.2) is 8.78 Å². The summed E-state index contributed by atoms with van der Waals surface area (Å²) < 4.78 is 67.1. The van der Waals surface area contributed by atoms with Crippen molar-refractivity contribution >= 4 is 5.97 Å². The van der Waals surface area contributed by atoms with E-state index >= 15 is 0 Å². The number of carboxylic acids is 1. The number of alkyl halides is 3. The van der Waals surface area contributed by atoms with Crippen LogP contribution in [0, 0.1) is 23.5 Å². The first-order chi connectivity index (χ1) is 17.4. The lowest BCUT2D eigenvalue weighted by atomic mass is 9.83. The van der Waals surface area contributed by atoms with E-state index in [2.05, 4.69) is 18.7 Å². The summed E-state index contributed by atoms with van der Waals surface area (Å²) in [6.45, 7) is 4.72. The maximum absolute atomic E-state index is 13.7. The minimum absolute atomic E-state index is 0.0194. The van der Waals surface area contributed by atoms with Gasteiger partial charge in [0.1, 0.15) is 11.6 Å². The van der Waals surface area contributed by atoms with Crippen molar-refractivity contribution in [3.05, 3.63) is 70.8 Å². The summed E-state index contributed by atoms with van der Waals surface area (Å²) in [6.07, 6.45) is -2.81. The number of aliphatic carboxylic acids is 1. The molecule has 1 heterocycles. The lowest BCUT2D eigenvalue weighted by Gasteiger charge is -2.44. The van der Waals surface area contributed by atoms with Crippen molar-refractivity contribution in [3.8, 4) is 0 Å². The number of hydrogen-bond acceptors (Lipinski definition) is 2. The second-order valence-corrected chi connectivity index (χ2v) is 10.7. The number of hydrogen-bond donors (Lipinski definition) is 1. The molecule has 0 radical (unpaired) electrons. The van der Waals surface area contributed by atoms with Gasteiger partial charge in [-0.15, -0.1) is 0 Å². The second kappa shape index (κ2) is 12.9. The predicted molar refractivity (Wildman–Crippen MR) is 133 cm³/mol. The van der Waals surface area contributed by atoms with Crippen LogP contribution in [0.15, 0.2) is 42.5 Å². The van der Waals surface area contributed by atoms with Gasteiger partial charge < -0.3 is 5.11 Å². The molecule has 3 nitrogen and oxygen atoms in total. The summed E-state index contributed by atoms with van der Waals surface area (Å²) in [5, 5.41) is 9.35. The van der Waals surface area contributed by atoms with Crippen molar-refractivity contribution in [2.24, 2.45) is 11.8 Å². The molecule has 0 aliphatic carbocycles. The molecule has 1 aliphatic heterocycles. The first-order valence-corrected chi connectivity index (χ1v) is 13.0. The SMILES string of the molecule is CC(C)Cc1ccc([C@@H]2C[C@H](CC(=O)O)CCN2[C@H](CCc2cc(F)cc(F)c2)CCC(F)(F)F)cc1. The monoisotopic (exact) mass is 525 g/mol. The van der Waals surface area contributed by atoms with Gasteiger partial charge in [0.2, 0.25) is 0 Å². The fraction of sp³-hybridized carbons (Fsp3) is 0.552. The first-order valence-electron chi connectivity index (χ1n) is 13.0. The molecule has 0 spiro atoms. The Hall–Kier alpha value is -2.48. The number of nitrogens with zero attached hydrogens (tertiary/aromatic N) is 1. The van der Waals surface area contributed by atoms with Crippen molar-refractivity contribution < 1.29 is 31.9 Å². The van der Waals surface area contributed by atoms with Gasteiger partial charge in [-0.1, -0.05) is 38.1 Å². The summed E-state index contributed by atoms with van der Waals surface area (Å²) in [4.78, 5) is 13.5. The van der Waals surface area contributed by atoms with E-state index in [4.69, 9.17) is 0 Å². The van der Waals surface area contributed by atoms with Gasteiger partial charge in [-0.05, 0) is 85.7 Å². The molecule has 3 rings (SSSR count). The van der Waals surface area contributed by atoms with Crippen LogP contribution >= 0.6 is 0 Å². The lowest BCUT2D eigenvalue weighted by molar-refractivity contribution is -0.141. The molecule has 3 atom stereocenters. The Morgan fingerprint density at radius 3 is 2.24 bits per heavy atom. The average Bonchev–Trinajstić information content (AvgIpc) is 2.78. The number of rotatable bonds is 11. The molecule has 2 aromatic rings. The highest BCUT2D eigenvalue weighted by Gasteiger charge is 2.37. The standard InChI is InChI=1S/C29H36F5NO2/c1-19(2)13-20-3-6-23(7-4-20)27-16-22(17-28(36)37)10-12-35(27)26(9-11-29(32,33)34)8-5-21-14-24(30)18-25(31)15-21/h3-4,6-7,14-15,18-19,22,26-27H,5,8-13,16-17H2,1-2H3,(H,36,37)/t22-,26-,27+/m1/s1. The molecule has 204 valence electrons. The molecule has 2 aromatic carbocycles. The van der Waals surface area contributed by atoms with Crippen LogP contribution < -0.4 is 0 Å². The summed E-state index contributed by atoms with van der Waals surface area (Å²) in [6, 6.07) is 10.6. The normalized spacial score (nSPS) is 19.8. The number of carbonyl (C=O) groups is 1. The van der Waals surface area contributed by atoms with Crippen LogP contribution in [0.2, 0.25) is 0 Å². The van der Waals surface area contributed by atoms with Gasteiger partial charge in [-0.2, -0.15) is 13.2 Å². The zero-order chi connectivity index (χ0) is 27.2. The first kappa shape index (κ1) is 29.1. The number of benzene rings is 2. The van der Waals surface area contributed by atoms with Crippen molar-refractivity contribution in [3.63, 3.8) is 0 Å². The van der Waals surface area contributed by atoms with Gasteiger partial charge in [-0.3, -0.25) is 9.69 Å². The number of likely N-dealkylation sites (tertiary alicyclic amines) is 1. The minimum Gasteiger partial charge on any atom is -0.481 e. The maximum atomic E-state index is 13.7. The molecule has 1 saturated heterocycles. The van der Waals surface area contributed by atoms with Gasteiger partial charge in [0.15, 0.2) is 0 Å². The fourth-order valence-electron chi connectivity index (χ4n) is 5.50. The minimum atomic E-state index is -4.32. The van der Waals surface area contributed by atoms with Crippen LogP contribution in [-0.2, 0) is 17.6 Å². The molecule has 0 bridgehead atoms. The summed E-state index contributed by atoms with van der Waals surface area (Å²) in [5.74, 6) is -1.90. The summed E-state index contributed by atoms with van der Waals surface area (Å²) >= 11 is 0. The van der Waals surface area contributed by atoms with Crippen molar-refractivity contribution in [2.75, 3.05) is 6.54 Å². The Labute approximate surface area is 215 Å². The second-order valence-electron chi connectivity index (χ2n) is 10.7. The molecular weight excluding hydrogens is 489 g/mol. The highest BCUT2D eigenvalue weighted by Crippen LogP contribution is 2.39. The smallest absolute Gasteiger partial charge is 0.389 e. The quantitative estimate of drug-likeness (QED) is 0.305. The molecule has 1 N–H and O–H groups in total. The van der Waals surface area contributed by atoms with Crippen LogP contribution in [0.4, 0.5) is 22.0 Å². The Kier molecular flexibility index (Phi) is 10.1. The van der Waals surface area contributed by atoms with Crippen molar-refractivity contribution in [2.45, 2.75) is 83.5 Å². The fourth-order valence-corrected chi connectivity index (χ4v) is 5.50. The van der Waals surface area contributed by atoms with E-state index < -0.39 is 36.2 Å². The van der Waals surface area contributed by atoms with Crippen LogP contribution in [0.25, 0.3) is 0 Å².